The molecule has 3 aromatic rings. The normalized spacial score (nSPS) is 14.7. The van der Waals surface area contributed by atoms with E-state index in [4.69, 9.17) is 9.47 Å². The molecule has 8 nitrogen and oxygen atoms in total. The van der Waals surface area contributed by atoms with Gasteiger partial charge in [0, 0.05) is 30.6 Å². The number of rotatable bonds is 3. The highest BCUT2D eigenvalue weighted by Gasteiger charge is 2.31. The summed E-state index contributed by atoms with van der Waals surface area (Å²) in [6.07, 6.45) is 5.43. The molecule has 2 aliphatic heterocycles. The number of aromatic nitrogens is 4. The number of ether oxygens (including phenoxy) is 2. The fraction of sp³-hybridized carbons (Fsp3) is 0.278. The molecule has 0 spiro atoms. The van der Waals surface area contributed by atoms with Crippen molar-refractivity contribution < 1.29 is 14.3 Å². The van der Waals surface area contributed by atoms with Crippen molar-refractivity contribution in [3.63, 3.8) is 0 Å². The lowest BCUT2D eigenvalue weighted by molar-refractivity contribution is 0.0747. The molecule has 2 aliphatic rings. The van der Waals surface area contributed by atoms with Crippen molar-refractivity contribution in [2.75, 3.05) is 6.79 Å². The molecule has 0 unspecified atom stereocenters. The third kappa shape index (κ3) is 2.33. The molecule has 132 valence electrons. The molecule has 0 bridgehead atoms. The van der Waals surface area contributed by atoms with Gasteiger partial charge in [0.25, 0.3) is 5.91 Å². The van der Waals surface area contributed by atoms with Crippen LogP contribution >= 0.6 is 0 Å². The fourth-order valence-corrected chi connectivity index (χ4v) is 3.51. The average Bonchev–Trinajstić information content (AvgIpc) is 3.41. The van der Waals surface area contributed by atoms with Crippen LogP contribution in [0.15, 0.2) is 36.9 Å². The zero-order valence-corrected chi connectivity index (χ0v) is 14.3. The lowest BCUT2D eigenvalue weighted by atomic mass is 10.1. The van der Waals surface area contributed by atoms with Crippen molar-refractivity contribution in [1.82, 2.24) is 24.2 Å². The third-order valence-electron chi connectivity index (χ3n) is 4.85. The topological polar surface area (TPSA) is 74.4 Å². The van der Waals surface area contributed by atoms with E-state index in [1.807, 2.05) is 27.4 Å². The molecule has 0 atom stereocenters. The first-order valence-corrected chi connectivity index (χ1v) is 8.37. The second-order valence-electron chi connectivity index (χ2n) is 6.46. The molecule has 0 N–H and O–H groups in total. The predicted molar refractivity (Wildman–Crippen MR) is 90.7 cm³/mol. The Labute approximate surface area is 149 Å². The van der Waals surface area contributed by atoms with Gasteiger partial charge in [-0.3, -0.25) is 9.48 Å². The highest BCUT2D eigenvalue weighted by Crippen LogP contribution is 2.34. The van der Waals surface area contributed by atoms with Gasteiger partial charge >= 0.3 is 0 Å². The molecule has 0 saturated heterocycles. The van der Waals surface area contributed by atoms with Gasteiger partial charge in [0.05, 0.1) is 37.3 Å². The molecule has 0 aliphatic carbocycles. The van der Waals surface area contributed by atoms with E-state index in [0.29, 0.717) is 36.7 Å². The minimum absolute atomic E-state index is 0.0203. The number of aryl methyl sites for hydroxylation is 1. The number of fused-ring (bicyclic) bond motifs is 2. The predicted octanol–water partition coefficient (Wildman–Crippen LogP) is 1.55. The van der Waals surface area contributed by atoms with E-state index in [1.165, 1.54) is 0 Å². The van der Waals surface area contributed by atoms with Crippen LogP contribution in [0, 0.1) is 0 Å². The molecule has 0 fully saturated rings. The summed E-state index contributed by atoms with van der Waals surface area (Å²) in [7, 11) is 1.92. The van der Waals surface area contributed by atoms with Gasteiger partial charge in [-0.25, -0.2) is 4.98 Å². The van der Waals surface area contributed by atoms with E-state index in [-0.39, 0.29) is 12.7 Å². The minimum atomic E-state index is -0.0203. The van der Waals surface area contributed by atoms with Crippen molar-refractivity contribution in [2.45, 2.75) is 19.6 Å². The van der Waals surface area contributed by atoms with Crippen LogP contribution in [0.1, 0.15) is 27.3 Å². The summed E-state index contributed by atoms with van der Waals surface area (Å²) < 4.78 is 14.5. The van der Waals surface area contributed by atoms with Gasteiger partial charge in [-0.15, -0.1) is 0 Å². The van der Waals surface area contributed by atoms with E-state index < -0.39 is 0 Å². The highest BCUT2D eigenvalue weighted by molar-refractivity contribution is 5.95. The van der Waals surface area contributed by atoms with E-state index in [1.54, 1.807) is 30.7 Å². The summed E-state index contributed by atoms with van der Waals surface area (Å²) in [4.78, 5) is 18.8. The first kappa shape index (κ1) is 15.0. The van der Waals surface area contributed by atoms with E-state index in [9.17, 15) is 4.79 Å². The van der Waals surface area contributed by atoms with Crippen LogP contribution in [-0.2, 0) is 26.7 Å². The van der Waals surface area contributed by atoms with Gasteiger partial charge in [-0.2, -0.15) is 5.10 Å². The molecule has 4 heterocycles. The Morgan fingerprint density at radius 3 is 2.96 bits per heavy atom. The number of carbonyl (C=O) groups excluding carboxylic acids is 1. The number of hydrogen-bond donors (Lipinski definition) is 0. The first-order valence-electron chi connectivity index (χ1n) is 8.37. The number of imidazole rings is 1. The van der Waals surface area contributed by atoms with E-state index >= 15 is 0 Å². The van der Waals surface area contributed by atoms with Crippen LogP contribution in [0.4, 0.5) is 0 Å². The largest absolute Gasteiger partial charge is 0.454 e. The molecule has 1 amide bonds. The van der Waals surface area contributed by atoms with Gasteiger partial charge in [0.15, 0.2) is 11.5 Å². The number of benzene rings is 1. The molecule has 26 heavy (non-hydrogen) atoms. The summed E-state index contributed by atoms with van der Waals surface area (Å²) in [6, 6.07) is 5.31. The van der Waals surface area contributed by atoms with Crippen molar-refractivity contribution >= 4 is 5.91 Å². The minimum Gasteiger partial charge on any atom is -0.454 e. The molecular weight excluding hydrogens is 334 g/mol. The molecule has 1 aromatic carbocycles. The number of amides is 1. The Bertz CT molecular complexity index is 993. The van der Waals surface area contributed by atoms with Crippen LogP contribution in [0.3, 0.4) is 0 Å². The number of nitrogens with zero attached hydrogens (tertiary/aromatic N) is 5. The molecule has 0 radical (unpaired) electrons. The number of carbonyl (C=O) groups is 1. The fourth-order valence-electron chi connectivity index (χ4n) is 3.51. The average molecular weight is 351 g/mol. The second kappa shape index (κ2) is 5.62. The van der Waals surface area contributed by atoms with Crippen LogP contribution in [0.25, 0.3) is 0 Å². The number of hydrogen-bond acceptors (Lipinski definition) is 5. The van der Waals surface area contributed by atoms with Gasteiger partial charge < -0.3 is 18.9 Å². The van der Waals surface area contributed by atoms with Gasteiger partial charge in [-0.1, -0.05) is 0 Å². The van der Waals surface area contributed by atoms with Crippen molar-refractivity contribution in [3.8, 4) is 11.5 Å². The van der Waals surface area contributed by atoms with Crippen molar-refractivity contribution in [1.29, 1.82) is 0 Å². The summed E-state index contributed by atoms with van der Waals surface area (Å²) in [5, 5.41) is 4.61. The second-order valence-corrected chi connectivity index (χ2v) is 6.46. The maximum atomic E-state index is 12.9. The zero-order chi connectivity index (χ0) is 17.7. The van der Waals surface area contributed by atoms with Crippen LogP contribution in [0.5, 0.6) is 11.5 Å². The first-order chi connectivity index (χ1) is 12.7. The van der Waals surface area contributed by atoms with E-state index in [2.05, 4.69) is 10.1 Å². The van der Waals surface area contributed by atoms with Gasteiger partial charge in [-0.05, 0) is 18.2 Å². The summed E-state index contributed by atoms with van der Waals surface area (Å²) in [5.41, 5.74) is 3.78. The maximum Gasteiger partial charge on any atom is 0.254 e. The Kier molecular flexibility index (Phi) is 3.24. The summed E-state index contributed by atoms with van der Waals surface area (Å²) in [5.74, 6) is 1.28. The molecule has 2 aromatic heterocycles. The third-order valence-corrected chi connectivity index (χ3v) is 4.85. The van der Waals surface area contributed by atoms with Crippen LogP contribution in [0.2, 0.25) is 0 Å². The SMILES string of the molecule is Cn1nc(Cn2ccnc2)c2c1CN(C(=O)c1ccc3c(c1)OCO3)C2. The maximum absolute atomic E-state index is 12.9. The smallest absolute Gasteiger partial charge is 0.254 e. The summed E-state index contributed by atoms with van der Waals surface area (Å²) >= 11 is 0. The Morgan fingerprint density at radius 1 is 1.23 bits per heavy atom. The quantitative estimate of drug-likeness (QED) is 0.716. The summed E-state index contributed by atoms with van der Waals surface area (Å²) in [6.45, 7) is 1.96. The monoisotopic (exact) mass is 351 g/mol. The molecular formula is C18H17N5O3. The van der Waals surface area contributed by atoms with Crippen LogP contribution < -0.4 is 9.47 Å². The zero-order valence-electron chi connectivity index (χ0n) is 14.3. The molecule has 5 rings (SSSR count). The molecule has 0 saturated carbocycles. The Hall–Kier alpha value is -3.29. The van der Waals surface area contributed by atoms with Gasteiger partial charge in [0.2, 0.25) is 6.79 Å². The Morgan fingerprint density at radius 2 is 2.12 bits per heavy atom. The van der Waals surface area contributed by atoms with Crippen molar-refractivity contribution in [3.05, 3.63) is 59.4 Å². The van der Waals surface area contributed by atoms with E-state index in [0.717, 1.165) is 17.0 Å². The standard InChI is InChI=1S/C18H17N5O3/c1-21-15-9-23(7-13(15)14(20-21)8-22-5-4-19-10-22)18(24)12-2-3-16-17(6-12)26-11-25-16/h2-6,10H,7-9,11H2,1H3. The van der Waals surface area contributed by atoms with Crippen LogP contribution in [-0.4, -0.2) is 36.9 Å². The van der Waals surface area contributed by atoms with Gasteiger partial charge in [0.1, 0.15) is 0 Å². The lowest BCUT2D eigenvalue weighted by Crippen LogP contribution is -2.26. The van der Waals surface area contributed by atoms with Crippen molar-refractivity contribution in [2.24, 2.45) is 7.05 Å². The Balaban J connectivity index is 1.39. The highest BCUT2D eigenvalue weighted by atomic mass is 16.7. The molecule has 8 heteroatoms. The lowest BCUT2D eigenvalue weighted by Gasteiger charge is -2.16.